The van der Waals surface area contributed by atoms with Crippen LogP contribution < -0.4 is 16.4 Å². The second-order valence-corrected chi connectivity index (χ2v) is 8.86. The molecular formula is C22H35FN4O3. The van der Waals surface area contributed by atoms with Crippen LogP contribution in [0.1, 0.15) is 47.0 Å². The van der Waals surface area contributed by atoms with Gasteiger partial charge in [-0.05, 0) is 64.8 Å². The fourth-order valence-electron chi connectivity index (χ4n) is 3.24. The number of hydrogen-bond donors (Lipinski definition) is 3. The predicted octanol–water partition coefficient (Wildman–Crippen LogP) is 2.97. The number of amides is 1. The molecule has 1 fully saturated rings. The topological polar surface area (TPSA) is 96.7 Å². The lowest BCUT2D eigenvalue weighted by Gasteiger charge is -2.34. The zero-order valence-corrected chi connectivity index (χ0v) is 18.5. The highest BCUT2D eigenvalue weighted by Crippen LogP contribution is 2.26. The second-order valence-electron chi connectivity index (χ2n) is 8.86. The number of hydrogen-bond acceptors (Lipinski definition) is 6. The number of piperidine rings is 1. The van der Waals surface area contributed by atoms with Gasteiger partial charge in [0.2, 0.25) is 5.91 Å². The molecule has 0 aromatic heterocycles. The number of esters is 1. The maximum absolute atomic E-state index is 13.8. The molecule has 2 rings (SSSR count). The lowest BCUT2D eigenvalue weighted by Crippen LogP contribution is -2.44. The van der Waals surface area contributed by atoms with Crippen molar-refractivity contribution in [2.75, 3.05) is 36.9 Å². The van der Waals surface area contributed by atoms with Crippen LogP contribution >= 0.6 is 0 Å². The van der Waals surface area contributed by atoms with Gasteiger partial charge in [0.05, 0.1) is 22.8 Å². The van der Waals surface area contributed by atoms with Crippen LogP contribution in [0.2, 0.25) is 0 Å². The number of likely N-dealkylation sites (tertiary alicyclic amines) is 1. The summed E-state index contributed by atoms with van der Waals surface area (Å²) in [5, 5.41) is 6.15. The third kappa shape index (κ3) is 7.25. The number of ether oxygens (including phenoxy) is 1. The van der Waals surface area contributed by atoms with Crippen molar-refractivity contribution in [3.63, 3.8) is 0 Å². The lowest BCUT2D eigenvalue weighted by atomic mass is 9.97. The highest BCUT2D eigenvalue weighted by atomic mass is 19.1. The molecule has 4 N–H and O–H groups in total. The predicted molar refractivity (Wildman–Crippen MR) is 117 cm³/mol. The summed E-state index contributed by atoms with van der Waals surface area (Å²) in [5.41, 5.74) is 6.34. The first-order valence-electron chi connectivity index (χ1n) is 10.6. The van der Waals surface area contributed by atoms with E-state index in [1.807, 2.05) is 27.7 Å². The molecule has 1 amide bonds. The summed E-state index contributed by atoms with van der Waals surface area (Å²) in [4.78, 5) is 26.3. The maximum Gasteiger partial charge on any atom is 0.311 e. The Morgan fingerprint density at radius 1 is 1.33 bits per heavy atom. The number of anilines is 2. The Kier molecular flexibility index (Phi) is 8.61. The minimum atomic E-state index is -0.608. The van der Waals surface area contributed by atoms with Crippen molar-refractivity contribution in [1.82, 2.24) is 4.90 Å². The Bertz CT molecular complexity index is 736. The third-order valence-electron chi connectivity index (χ3n) is 5.13. The van der Waals surface area contributed by atoms with Gasteiger partial charge in [-0.2, -0.15) is 0 Å². The van der Waals surface area contributed by atoms with E-state index in [0.717, 1.165) is 25.9 Å². The highest BCUT2D eigenvalue weighted by Gasteiger charge is 2.25. The monoisotopic (exact) mass is 422 g/mol. The molecule has 30 heavy (non-hydrogen) atoms. The number of nitrogens with one attached hydrogen (secondary N) is 2. The van der Waals surface area contributed by atoms with Crippen molar-refractivity contribution < 1.29 is 18.7 Å². The summed E-state index contributed by atoms with van der Waals surface area (Å²) >= 11 is 0. The standard InChI is InChI=1S/C22H35FN4O3/c1-5-17(24)20(28)26-18-9-8-15(23)13-19(18)25-16-7-6-10-27(14-16)11-12-30-21(29)22(2,3)4/h8-9,13,16-17,25H,5-7,10-12,14,24H2,1-4H3,(H,26,28). The van der Waals surface area contributed by atoms with E-state index < -0.39 is 11.5 Å². The number of rotatable bonds is 8. The smallest absolute Gasteiger partial charge is 0.311 e. The first-order chi connectivity index (χ1) is 14.1. The van der Waals surface area contributed by atoms with Gasteiger partial charge in [0.1, 0.15) is 12.4 Å². The number of carbonyl (C=O) groups is 2. The zero-order chi connectivity index (χ0) is 22.3. The summed E-state index contributed by atoms with van der Waals surface area (Å²) in [5.74, 6) is -0.880. The number of benzene rings is 1. The molecule has 0 saturated carbocycles. The molecule has 8 heteroatoms. The summed E-state index contributed by atoms with van der Waals surface area (Å²) in [6.45, 7) is 9.99. The average molecular weight is 423 g/mol. The fourth-order valence-corrected chi connectivity index (χ4v) is 3.24. The van der Waals surface area contributed by atoms with Crippen molar-refractivity contribution in [3.05, 3.63) is 24.0 Å². The molecular weight excluding hydrogens is 387 g/mol. The highest BCUT2D eigenvalue weighted by molar-refractivity contribution is 5.97. The molecule has 0 radical (unpaired) electrons. The summed E-state index contributed by atoms with van der Waals surface area (Å²) < 4.78 is 19.2. The van der Waals surface area contributed by atoms with Crippen molar-refractivity contribution in [3.8, 4) is 0 Å². The number of nitrogens with two attached hydrogens (primary N) is 1. The van der Waals surface area contributed by atoms with Gasteiger partial charge in [-0.1, -0.05) is 6.92 Å². The van der Waals surface area contributed by atoms with Gasteiger partial charge in [-0.25, -0.2) is 4.39 Å². The van der Waals surface area contributed by atoms with Gasteiger partial charge in [0, 0.05) is 19.1 Å². The van der Waals surface area contributed by atoms with Gasteiger partial charge >= 0.3 is 5.97 Å². The van der Waals surface area contributed by atoms with E-state index in [0.29, 0.717) is 30.9 Å². The number of halogens is 1. The molecule has 0 bridgehead atoms. The van der Waals surface area contributed by atoms with Crippen molar-refractivity contribution in [2.24, 2.45) is 11.1 Å². The zero-order valence-electron chi connectivity index (χ0n) is 18.5. The van der Waals surface area contributed by atoms with E-state index in [2.05, 4.69) is 15.5 Å². The van der Waals surface area contributed by atoms with E-state index in [4.69, 9.17) is 10.5 Å². The Labute approximate surface area is 178 Å². The Morgan fingerprint density at radius 2 is 2.07 bits per heavy atom. The van der Waals surface area contributed by atoms with Crippen LogP contribution in [0.15, 0.2) is 18.2 Å². The maximum atomic E-state index is 13.8. The molecule has 168 valence electrons. The van der Waals surface area contributed by atoms with Crippen molar-refractivity contribution in [2.45, 2.75) is 59.0 Å². The molecule has 0 spiro atoms. The molecule has 1 aliphatic heterocycles. The molecule has 0 aliphatic carbocycles. The Morgan fingerprint density at radius 3 is 2.73 bits per heavy atom. The largest absolute Gasteiger partial charge is 0.464 e. The minimum absolute atomic E-state index is 0.0920. The average Bonchev–Trinajstić information content (AvgIpc) is 2.68. The molecule has 1 aromatic carbocycles. The molecule has 1 saturated heterocycles. The molecule has 2 unspecified atom stereocenters. The second kappa shape index (κ2) is 10.7. The van der Waals surface area contributed by atoms with E-state index in [1.54, 1.807) is 6.07 Å². The molecule has 1 aromatic rings. The van der Waals surface area contributed by atoms with E-state index >= 15 is 0 Å². The van der Waals surface area contributed by atoms with Crippen molar-refractivity contribution >= 4 is 23.3 Å². The van der Waals surface area contributed by atoms with Gasteiger partial charge in [-0.15, -0.1) is 0 Å². The Hall–Kier alpha value is -2.19. The van der Waals surface area contributed by atoms with Gasteiger partial charge in [0.15, 0.2) is 0 Å². The van der Waals surface area contributed by atoms with Crippen LogP contribution in [-0.2, 0) is 14.3 Å². The quantitative estimate of drug-likeness (QED) is 0.558. The summed E-state index contributed by atoms with van der Waals surface area (Å²) in [7, 11) is 0. The van der Waals surface area contributed by atoms with E-state index in [9.17, 15) is 14.0 Å². The van der Waals surface area contributed by atoms with Crippen LogP contribution in [0.4, 0.5) is 15.8 Å². The SMILES string of the molecule is CCC(N)C(=O)Nc1ccc(F)cc1NC1CCCN(CCOC(=O)C(C)(C)C)C1. The van der Waals surface area contributed by atoms with Crippen LogP contribution in [-0.4, -0.2) is 55.1 Å². The van der Waals surface area contributed by atoms with Crippen molar-refractivity contribution in [1.29, 1.82) is 0 Å². The van der Waals surface area contributed by atoms with Gasteiger partial charge in [-0.3, -0.25) is 14.5 Å². The van der Waals surface area contributed by atoms with Crippen LogP contribution in [0.3, 0.4) is 0 Å². The first kappa shape index (κ1) is 24.1. The molecule has 2 atom stereocenters. The molecule has 7 nitrogen and oxygen atoms in total. The number of carbonyl (C=O) groups excluding carboxylic acids is 2. The van der Waals surface area contributed by atoms with Crippen LogP contribution in [0.5, 0.6) is 0 Å². The minimum Gasteiger partial charge on any atom is -0.464 e. The Balaban J connectivity index is 1.95. The lowest BCUT2D eigenvalue weighted by molar-refractivity contribution is -0.153. The summed E-state index contributed by atoms with van der Waals surface area (Å²) in [6, 6.07) is 3.73. The molecule has 1 heterocycles. The van der Waals surface area contributed by atoms with Crippen LogP contribution in [0, 0.1) is 11.2 Å². The third-order valence-corrected chi connectivity index (χ3v) is 5.13. The fraction of sp³-hybridized carbons (Fsp3) is 0.636. The van der Waals surface area contributed by atoms with E-state index in [1.165, 1.54) is 12.1 Å². The number of nitrogens with zero attached hydrogens (tertiary/aromatic N) is 1. The van der Waals surface area contributed by atoms with Gasteiger partial charge in [0.25, 0.3) is 0 Å². The first-order valence-corrected chi connectivity index (χ1v) is 10.6. The van der Waals surface area contributed by atoms with Crippen LogP contribution in [0.25, 0.3) is 0 Å². The molecule has 1 aliphatic rings. The van der Waals surface area contributed by atoms with Gasteiger partial charge < -0.3 is 21.1 Å². The normalized spacial score (nSPS) is 18.5. The summed E-state index contributed by atoms with van der Waals surface area (Å²) in [6.07, 6.45) is 2.42. The van der Waals surface area contributed by atoms with E-state index in [-0.39, 0.29) is 23.7 Å².